The molecule has 0 N–H and O–H groups in total. The molecule has 6 heteroatoms. The van der Waals surface area contributed by atoms with Gasteiger partial charge < -0.3 is 9.64 Å². The van der Waals surface area contributed by atoms with Gasteiger partial charge >= 0.3 is 0 Å². The van der Waals surface area contributed by atoms with Crippen LogP contribution in [0.15, 0.2) is 53.7 Å². The molecule has 2 heterocycles. The van der Waals surface area contributed by atoms with Crippen LogP contribution in [0, 0.1) is 0 Å². The molecule has 1 aromatic heterocycles. The average Bonchev–Trinajstić information content (AvgIpc) is 3.04. The van der Waals surface area contributed by atoms with E-state index in [0.29, 0.717) is 11.4 Å². The standard InChI is InChI=1S/C17H20N2O3S/c1-2-23(20,21)17-8-4-3-7-16(17)19-11-9-15(13-19)22-14-6-5-10-18-12-14/h3-8,10,12,15H,2,9,11,13H2,1H3. The molecule has 0 radical (unpaired) electrons. The van der Waals surface area contributed by atoms with Gasteiger partial charge in [-0.1, -0.05) is 19.1 Å². The van der Waals surface area contributed by atoms with Gasteiger partial charge in [0, 0.05) is 19.2 Å². The maximum Gasteiger partial charge on any atom is 0.180 e. The van der Waals surface area contributed by atoms with Crippen molar-refractivity contribution in [1.82, 2.24) is 4.98 Å². The van der Waals surface area contributed by atoms with Crippen molar-refractivity contribution in [1.29, 1.82) is 0 Å². The number of hydrogen-bond donors (Lipinski definition) is 0. The van der Waals surface area contributed by atoms with Crippen LogP contribution in [0.1, 0.15) is 13.3 Å². The lowest BCUT2D eigenvalue weighted by Gasteiger charge is -2.21. The van der Waals surface area contributed by atoms with E-state index in [0.717, 1.165) is 24.4 Å². The summed E-state index contributed by atoms with van der Waals surface area (Å²) >= 11 is 0. The second-order valence-electron chi connectivity index (χ2n) is 5.53. The number of hydrogen-bond acceptors (Lipinski definition) is 5. The summed E-state index contributed by atoms with van der Waals surface area (Å²) in [7, 11) is -3.24. The number of aromatic nitrogens is 1. The van der Waals surface area contributed by atoms with Crippen LogP contribution in [0.25, 0.3) is 0 Å². The number of nitrogens with zero attached hydrogens (tertiary/aromatic N) is 2. The van der Waals surface area contributed by atoms with Crippen molar-refractivity contribution in [3.05, 3.63) is 48.8 Å². The van der Waals surface area contributed by atoms with Crippen LogP contribution in [-0.2, 0) is 9.84 Å². The molecular weight excluding hydrogens is 312 g/mol. The Labute approximate surface area is 136 Å². The second kappa shape index (κ2) is 6.58. The lowest BCUT2D eigenvalue weighted by molar-refractivity contribution is 0.224. The molecule has 1 aromatic carbocycles. The fraction of sp³-hybridized carbons (Fsp3) is 0.353. The summed E-state index contributed by atoms with van der Waals surface area (Å²) in [5, 5.41) is 0. The lowest BCUT2D eigenvalue weighted by Crippen LogP contribution is -2.26. The van der Waals surface area contributed by atoms with Crippen molar-refractivity contribution in [2.24, 2.45) is 0 Å². The van der Waals surface area contributed by atoms with Crippen LogP contribution >= 0.6 is 0 Å². The van der Waals surface area contributed by atoms with Crippen LogP contribution in [0.4, 0.5) is 5.69 Å². The molecular formula is C17H20N2O3S. The Balaban J connectivity index is 1.77. The number of ether oxygens (including phenoxy) is 1. The van der Waals surface area contributed by atoms with Gasteiger partial charge in [0.2, 0.25) is 0 Å². The third-order valence-corrected chi connectivity index (χ3v) is 5.78. The highest BCUT2D eigenvalue weighted by Gasteiger charge is 2.28. The van der Waals surface area contributed by atoms with Gasteiger partial charge in [0.1, 0.15) is 11.9 Å². The molecule has 23 heavy (non-hydrogen) atoms. The zero-order valence-electron chi connectivity index (χ0n) is 13.1. The number of pyridine rings is 1. The molecule has 0 spiro atoms. The zero-order valence-corrected chi connectivity index (χ0v) is 13.9. The molecule has 0 amide bonds. The molecule has 1 saturated heterocycles. The second-order valence-corrected chi connectivity index (χ2v) is 7.78. The highest BCUT2D eigenvalue weighted by atomic mass is 32.2. The zero-order chi connectivity index (χ0) is 16.3. The van der Waals surface area contributed by atoms with Gasteiger partial charge in [-0.2, -0.15) is 0 Å². The molecule has 5 nitrogen and oxygen atoms in total. The molecule has 1 atom stereocenters. The van der Waals surface area contributed by atoms with E-state index < -0.39 is 9.84 Å². The molecule has 2 aromatic rings. The largest absolute Gasteiger partial charge is 0.487 e. The van der Waals surface area contributed by atoms with Crippen molar-refractivity contribution in [2.75, 3.05) is 23.7 Å². The maximum atomic E-state index is 12.3. The highest BCUT2D eigenvalue weighted by molar-refractivity contribution is 7.91. The van der Waals surface area contributed by atoms with Gasteiger partial charge in [-0.3, -0.25) is 4.98 Å². The Bertz CT molecular complexity index is 762. The summed E-state index contributed by atoms with van der Waals surface area (Å²) in [5.41, 5.74) is 0.770. The Hall–Kier alpha value is -2.08. The van der Waals surface area contributed by atoms with Crippen LogP contribution in [0.2, 0.25) is 0 Å². The number of benzene rings is 1. The number of sulfone groups is 1. The van der Waals surface area contributed by atoms with E-state index in [-0.39, 0.29) is 11.9 Å². The fourth-order valence-electron chi connectivity index (χ4n) is 2.79. The molecule has 0 saturated carbocycles. The van der Waals surface area contributed by atoms with E-state index in [1.54, 1.807) is 31.5 Å². The normalized spacial score (nSPS) is 18.1. The van der Waals surface area contributed by atoms with E-state index in [4.69, 9.17) is 4.74 Å². The molecule has 1 aliphatic rings. The first-order valence-corrected chi connectivity index (χ1v) is 9.39. The topological polar surface area (TPSA) is 59.5 Å². The Morgan fingerprint density at radius 2 is 2.09 bits per heavy atom. The average molecular weight is 332 g/mol. The predicted octanol–water partition coefficient (Wildman–Crippen LogP) is 2.53. The van der Waals surface area contributed by atoms with Gasteiger partial charge in [-0.25, -0.2) is 8.42 Å². The predicted molar refractivity (Wildman–Crippen MR) is 89.7 cm³/mol. The molecule has 0 aliphatic carbocycles. The molecule has 122 valence electrons. The Morgan fingerprint density at radius 1 is 1.26 bits per heavy atom. The Kier molecular flexibility index (Phi) is 4.52. The lowest BCUT2D eigenvalue weighted by atomic mass is 10.3. The van der Waals surface area contributed by atoms with Crippen LogP contribution in [-0.4, -0.2) is 38.3 Å². The molecule has 1 aliphatic heterocycles. The van der Waals surface area contributed by atoms with Crippen molar-refractivity contribution in [3.8, 4) is 5.75 Å². The SMILES string of the molecule is CCS(=O)(=O)c1ccccc1N1CCC(Oc2cccnc2)C1. The Morgan fingerprint density at radius 3 is 2.83 bits per heavy atom. The first-order valence-electron chi connectivity index (χ1n) is 7.73. The first kappa shape index (κ1) is 15.8. The van der Waals surface area contributed by atoms with Crippen LogP contribution in [0.5, 0.6) is 5.75 Å². The van der Waals surface area contributed by atoms with Gasteiger partial charge in [0.25, 0.3) is 0 Å². The van der Waals surface area contributed by atoms with Gasteiger partial charge in [-0.05, 0) is 24.3 Å². The van der Waals surface area contributed by atoms with Crippen molar-refractivity contribution in [2.45, 2.75) is 24.3 Å². The minimum Gasteiger partial charge on any atom is -0.487 e. The van der Waals surface area contributed by atoms with Crippen molar-refractivity contribution < 1.29 is 13.2 Å². The van der Waals surface area contributed by atoms with Crippen LogP contribution < -0.4 is 9.64 Å². The highest BCUT2D eigenvalue weighted by Crippen LogP contribution is 2.29. The molecule has 1 fully saturated rings. The molecule has 1 unspecified atom stereocenters. The van der Waals surface area contributed by atoms with Gasteiger partial charge in [0.15, 0.2) is 9.84 Å². The summed E-state index contributed by atoms with van der Waals surface area (Å²) in [6, 6.07) is 10.9. The monoisotopic (exact) mass is 332 g/mol. The smallest absolute Gasteiger partial charge is 0.180 e. The van der Waals surface area contributed by atoms with E-state index in [2.05, 4.69) is 9.88 Å². The van der Waals surface area contributed by atoms with Crippen LogP contribution in [0.3, 0.4) is 0 Å². The third-order valence-electron chi connectivity index (χ3n) is 4.00. The summed E-state index contributed by atoms with van der Waals surface area (Å²) in [5.74, 6) is 0.849. The van der Waals surface area contributed by atoms with Crippen molar-refractivity contribution >= 4 is 15.5 Å². The molecule has 0 bridgehead atoms. The third kappa shape index (κ3) is 3.47. The summed E-state index contributed by atoms with van der Waals surface area (Å²) < 4.78 is 30.5. The van der Waals surface area contributed by atoms with E-state index in [1.807, 2.05) is 24.3 Å². The number of para-hydroxylation sites is 1. The van der Waals surface area contributed by atoms with Crippen molar-refractivity contribution in [3.63, 3.8) is 0 Å². The minimum atomic E-state index is -3.24. The first-order chi connectivity index (χ1) is 11.1. The van der Waals surface area contributed by atoms with E-state index in [9.17, 15) is 8.42 Å². The number of anilines is 1. The summed E-state index contributed by atoms with van der Waals surface area (Å²) in [6.07, 6.45) is 4.30. The minimum absolute atomic E-state index is 0.0385. The summed E-state index contributed by atoms with van der Waals surface area (Å²) in [6.45, 7) is 3.12. The van der Waals surface area contributed by atoms with Gasteiger partial charge in [-0.15, -0.1) is 0 Å². The summed E-state index contributed by atoms with van der Waals surface area (Å²) in [4.78, 5) is 6.54. The maximum absolute atomic E-state index is 12.3. The van der Waals surface area contributed by atoms with E-state index in [1.165, 1.54) is 0 Å². The quantitative estimate of drug-likeness (QED) is 0.842. The van der Waals surface area contributed by atoms with E-state index >= 15 is 0 Å². The molecule has 3 rings (SSSR count). The fourth-order valence-corrected chi connectivity index (χ4v) is 3.90. The van der Waals surface area contributed by atoms with Gasteiger partial charge in [0.05, 0.1) is 29.1 Å². The number of rotatable bonds is 5.